The number of carboxylic acids is 1. The minimum Gasteiger partial charge on any atom is -0.478 e. The Morgan fingerprint density at radius 2 is 1.92 bits per heavy atom. The fraction of sp³-hybridized carbons (Fsp3) is 0.364. The molecule has 4 nitrogen and oxygen atoms in total. The van der Waals surface area contributed by atoms with Crippen LogP contribution in [-0.2, 0) is 23.1 Å². The molecule has 134 valence electrons. The molecule has 2 aromatic rings. The maximum absolute atomic E-state index is 12.5. The first-order chi connectivity index (χ1) is 12.5. The van der Waals surface area contributed by atoms with Gasteiger partial charge in [0.2, 0.25) is 0 Å². The Balaban J connectivity index is 1.84. The van der Waals surface area contributed by atoms with E-state index in [1.165, 1.54) is 0 Å². The van der Waals surface area contributed by atoms with Gasteiger partial charge < -0.3 is 10.2 Å². The van der Waals surface area contributed by atoms with Crippen molar-refractivity contribution in [3.63, 3.8) is 0 Å². The predicted molar refractivity (Wildman–Crippen MR) is 97.3 cm³/mol. The summed E-state index contributed by atoms with van der Waals surface area (Å²) in [6.45, 7) is 0. The number of carbonyl (C=O) groups is 2. The van der Waals surface area contributed by atoms with Crippen molar-refractivity contribution >= 4 is 11.8 Å². The molecule has 4 heteroatoms. The van der Waals surface area contributed by atoms with E-state index in [4.69, 9.17) is 0 Å². The van der Waals surface area contributed by atoms with Crippen molar-refractivity contribution in [3.05, 3.63) is 70.8 Å². The van der Waals surface area contributed by atoms with Crippen LogP contribution in [0.4, 0.5) is 0 Å². The highest BCUT2D eigenvalue weighted by molar-refractivity contribution is 5.88. The fourth-order valence-electron chi connectivity index (χ4n) is 4.92. The molecule has 0 spiro atoms. The zero-order valence-electron chi connectivity index (χ0n) is 14.5. The summed E-state index contributed by atoms with van der Waals surface area (Å²) in [5.41, 5.74) is 3.21. The summed E-state index contributed by atoms with van der Waals surface area (Å²) in [5, 5.41) is 19.4. The second-order valence-corrected chi connectivity index (χ2v) is 7.63. The molecule has 2 aliphatic rings. The zero-order valence-corrected chi connectivity index (χ0v) is 14.5. The Morgan fingerprint density at radius 1 is 1.15 bits per heavy atom. The predicted octanol–water partition coefficient (Wildman–Crippen LogP) is 3.15. The Morgan fingerprint density at radius 3 is 2.65 bits per heavy atom. The molecule has 0 bridgehead atoms. The van der Waals surface area contributed by atoms with Gasteiger partial charge in [0.05, 0.1) is 5.56 Å². The number of fused-ring (bicyclic) bond motifs is 3. The smallest absolute Gasteiger partial charge is 0.335 e. The summed E-state index contributed by atoms with van der Waals surface area (Å²) in [4.78, 5) is 23.8. The van der Waals surface area contributed by atoms with Crippen LogP contribution in [0.1, 0.15) is 46.3 Å². The molecule has 2 aromatic carbocycles. The third-order valence-corrected chi connectivity index (χ3v) is 6.16. The van der Waals surface area contributed by atoms with Gasteiger partial charge in [-0.05, 0) is 60.4 Å². The summed E-state index contributed by atoms with van der Waals surface area (Å²) in [5.74, 6) is -0.812. The molecule has 4 rings (SSSR count). The molecule has 1 unspecified atom stereocenters. The Labute approximate surface area is 152 Å². The van der Waals surface area contributed by atoms with E-state index in [1.807, 2.05) is 24.3 Å². The van der Waals surface area contributed by atoms with Gasteiger partial charge in [0.15, 0.2) is 5.78 Å². The highest BCUT2D eigenvalue weighted by Gasteiger charge is 2.50. The molecule has 0 amide bonds. The van der Waals surface area contributed by atoms with Gasteiger partial charge in [-0.2, -0.15) is 0 Å². The number of benzene rings is 2. The number of ketones is 1. The maximum Gasteiger partial charge on any atom is 0.335 e. The average Bonchev–Trinajstić information content (AvgIpc) is 2.63. The lowest BCUT2D eigenvalue weighted by Crippen LogP contribution is -2.50. The molecule has 2 N–H and O–H groups in total. The van der Waals surface area contributed by atoms with Crippen molar-refractivity contribution in [1.82, 2.24) is 0 Å². The molecule has 1 fully saturated rings. The fourth-order valence-corrected chi connectivity index (χ4v) is 4.92. The second kappa shape index (κ2) is 6.36. The van der Waals surface area contributed by atoms with Crippen LogP contribution in [0.25, 0.3) is 0 Å². The van der Waals surface area contributed by atoms with Crippen LogP contribution in [-0.4, -0.2) is 28.1 Å². The molecule has 26 heavy (non-hydrogen) atoms. The number of carboxylic acid groups (broad SMARTS) is 1. The molecular weight excluding hydrogens is 328 g/mol. The summed E-state index contributed by atoms with van der Waals surface area (Å²) in [7, 11) is 0. The van der Waals surface area contributed by atoms with Crippen molar-refractivity contribution < 1.29 is 19.8 Å². The molecule has 3 atom stereocenters. The van der Waals surface area contributed by atoms with Gasteiger partial charge in [-0.25, -0.2) is 4.79 Å². The molecule has 0 aliphatic heterocycles. The largest absolute Gasteiger partial charge is 0.478 e. The minimum atomic E-state index is -0.929. The van der Waals surface area contributed by atoms with Crippen LogP contribution in [0.15, 0.2) is 48.5 Å². The number of carbonyl (C=O) groups excluding carboxylic acids is 1. The number of aromatic carboxylic acids is 1. The van der Waals surface area contributed by atoms with Crippen LogP contribution >= 0.6 is 0 Å². The third-order valence-electron chi connectivity index (χ3n) is 6.16. The monoisotopic (exact) mass is 350 g/mol. The highest BCUT2D eigenvalue weighted by Crippen LogP contribution is 2.51. The SMILES string of the molecule is O=C(O)c1ccc2c(c1)CCC1C[C@H](O)C(=O)C[C@@]21Cc1ccccc1. The number of Topliss-reactive ketones (excluding diaryl/α,β-unsaturated/α-hetero) is 1. The van der Waals surface area contributed by atoms with Crippen LogP contribution in [0.5, 0.6) is 0 Å². The van der Waals surface area contributed by atoms with E-state index in [0.29, 0.717) is 18.4 Å². The number of hydrogen-bond acceptors (Lipinski definition) is 3. The van der Waals surface area contributed by atoms with Gasteiger partial charge >= 0.3 is 5.97 Å². The average molecular weight is 350 g/mol. The standard InChI is InChI=1S/C22H22O4/c23-19-11-17-8-6-15-10-16(21(25)26)7-9-18(15)22(17,13-20(19)24)12-14-4-2-1-3-5-14/h1-5,7,9-10,17,19,23H,6,8,11-13H2,(H,25,26)/t17?,19-,22+/m0/s1. The van der Waals surface area contributed by atoms with Crippen LogP contribution in [0.3, 0.4) is 0 Å². The van der Waals surface area contributed by atoms with Crippen LogP contribution in [0.2, 0.25) is 0 Å². The van der Waals surface area contributed by atoms with E-state index >= 15 is 0 Å². The van der Waals surface area contributed by atoms with Gasteiger partial charge in [0.25, 0.3) is 0 Å². The first-order valence-corrected chi connectivity index (χ1v) is 9.11. The lowest BCUT2D eigenvalue weighted by molar-refractivity contribution is -0.134. The Bertz CT molecular complexity index is 858. The molecule has 0 aromatic heterocycles. The van der Waals surface area contributed by atoms with E-state index < -0.39 is 12.1 Å². The topological polar surface area (TPSA) is 74.6 Å². The van der Waals surface area contributed by atoms with Gasteiger partial charge in [-0.15, -0.1) is 0 Å². The Hall–Kier alpha value is -2.46. The number of rotatable bonds is 3. The van der Waals surface area contributed by atoms with Crippen molar-refractivity contribution in [2.45, 2.75) is 43.6 Å². The van der Waals surface area contributed by atoms with E-state index in [9.17, 15) is 19.8 Å². The zero-order chi connectivity index (χ0) is 18.3. The summed E-state index contributed by atoms with van der Waals surface area (Å²) >= 11 is 0. The van der Waals surface area contributed by atoms with E-state index in [0.717, 1.165) is 36.0 Å². The number of hydrogen-bond donors (Lipinski definition) is 2. The van der Waals surface area contributed by atoms with Crippen LogP contribution < -0.4 is 0 Å². The summed E-state index contributed by atoms with van der Waals surface area (Å²) in [6, 6.07) is 15.4. The van der Waals surface area contributed by atoms with Crippen LogP contribution in [0, 0.1) is 5.92 Å². The summed E-state index contributed by atoms with van der Waals surface area (Å²) in [6.07, 6.45) is 2.32. The lowest BCUT2D eigenvalue weighted by atomic mass is 9.54. The number of aliphatic hydroxyl groups excluding tert-OH is 1. The molecule has 0 radical (unpaired) electrons. The first kappa shape index (κ1) is 17.0. The molecule has 0 heterocycles. The van der Waals surface area contributed by atoms with Crippen molar-refractivity contribution in [3.8, 4) is 0 Å². The van der Waals surface area contributed by atoms with Gasteiger partial charge in [-0.1, -0.05) is 36.4 Å². The number of aliphatic hydroxyl groups is 1. The Kier molecular flexibility index (Phi) is 4.16. The van der Waals surface area contributed by atoms with Crippen molar-refractivity contribution in [1.29, 1.82) is 0 Å². The van der Waals surface area contributed by atoms with E-state index in [2.05, 4.69) is 12.1 Å². The lowest BCUT2D eigenvalue weighted by Gasteiger charge is -2.49. The molecule has 2 aliphatic carbocycles. The summed E-state index contributed by atoms with van der Waals surface area (Å²) < 4.78 is 0. The third kappa shape index (κ3) is 2.74. The number of aryl methyl sites for hydroxylation is 1. The van der Waals surface area contributed by atoms with Gasteiger partial charge in [-0.3, -0.25) is 4.79 Å². The van der Waals surface area contributed by atoms with Crippen molar-refractivity contribution in [2.75, 3.05) is 0 Å². The normalized spacial score (nSPS) is 27.5. The highest BCUT2D eigenvalue weighted by atomic mass is 16.4. The molecule has 1 saturated carbocycles. The van der Waals surface area contributed by atoms with Gasteiger partial charge in [0.1, 0.15) is 6.10 Å². The molecule has 0 saturated heterocycles. The second-order valence-electron chi connectivity index (χ2n) is 7.63. The van der Waals surface area contributed by atoms with Crippen molar-refractivity contribution in [2.24, 2.45) is 5.92 Å². The first-order valence-electron chi connectivity index (χ1n) is 9.11. The van der Waals surface area contributed by atoms with E-state index in [1.54, 1.807) is 12.1 Å². The molecular formula is C22H22O4. The quantitative estimate of drug-likeness (QED) is 0.892. The van der Waals surface area contributed by atoms with Gasteiger partial charge in [0, 0.05) is 11.8 Å². The minimum absolute atomic E-state index is 0.104. The van der Waals surface area contributed by atoms with E-state index in [-0.39, 0.29) is 17.1 Å². The maximum atomic E-state index is 12.5.